The number of carbonyl (C=O) groups is 2. The molecule has 2 aromatic carbocycles. The summed E-state index contributed by atoms with van der Waals surface area (Å²) in [7, 11) is -4.15. The van der Waals surface area contributed by atoms with E-state index in [0.29, 0.717) is 23.2 Å². The van der Waals surface area contributed by atoms with Gasteiger partial charge >= 0.3 is 5.97 Å². The first kappa shape index (κ1) is 28.7. The number of anilines is 1. The first-order valence-electron chi connectivity index (χ1n) is 12.8. The smallest absolute Gasteiger partial charge is 0.323 e. The van der Waals surface area contributed by atoms with Gasteiger partial charge in [0.05, 0.1) is 16.6 Å². The van der Waals surface area contributed by atoms with Crippen molar-refractivity contribution < 1.29 is 23.1 Å². The normalized spacial score (nSPS) is 12.3. The van der Waals surface area contributed by atoms with E-state index in [1.54, 1.807) is 56.6 Å². The van der Waals surface area contributed by atoms with Crippen LogP contribution in [0.25, 0.3) is 10.9 Å². The molecule has 2 aromatic heterocycles. The number of aliphatic carboxylic acids is 1. The Labute approximate surface area is 232 Å². The lowest BCUT2D eigenvalue weighted by Gasteiger charge is -2.18. The van der Waals surface area contributed by atoms with Gasteiger partial charge in [0.25, 0.3) is 5.91 Å². The van der Waals surface area contributed by atoms with Crippen LogP contribution in [0.1, 0.15) is 33.5 Å². The van der Waals surface area contributed by atoms with Gasteiger partial charge in [-0.15, -0.1) is 0 Å². The Kier molecular flexibility index (Phi) is 8.80. The zero-order chi connectivity index (χ0) is 28.9. The fourth-order valence-corrected chi connectivity index (χ4v) is 6.27. The minimum absolute atomic E-state index is 0.0330. The molecule has 40 heavy (non-hydrogen) atoms. The SMILES string of the molecule is Cc1cc(C)c(S(=O)(=O)N[C@@H](CNC(=O)c2ccc3c(cnn3CCCNc3ccccn3)c2)C(=O)O)c(C)c1. The maximum absolute atomic E-state index is 13.0. The first-order valence-corrected chi connectivity index (χ1v) is 14.2. The Bertz CT molecular complexity index is 1610. The van der Waals surface area contributed by atoms with Gasteiger partial charge in [-0.2, -0.15) is 9.82 Å². The van der Waals surface area contributed by atoms with Gasteiger partial charge in [-0.3, -0.25) is 14.3 Å². The molecule has 1 amide bonds. The number of nitrogens with zero attached hydrogens (tertiary/aromatic N) is 3. The molecule has 0 fully saturated rings. The number of nitrogens with one attached hydrogen (secondary N) is 3. The molecule has 0 aliphatic rings. The summed E-state index contributed by atoms with van der Waals surface area (Å²) in [6, 6.07) is 12.6. The van der Waals surface area contributed by atoms with Crippen molar-refractivity contribution in [3.8, 4) is 0 Å². The van der Waals surface area contributed by atoms with Crippen LogP contribution in [0, 0.1) is 20.8 Å². The van der Waals surface area contributed by atoms with E-state index in [1.807, 2.05) is 29.8 Å². The van der Waals surface area contributed by atoms with E-state index in [9.17, 15) is 23.1 Å². The number of carboxylic acid groups (broad SMARTS) is 1. The summed E-state index contributed by atoms with van der Waals surface area (Å²) in [5.41, 5.74) is 3.08. The molecule has 210 valence electrons. The van der Waals surface area contributed by atoms with E-state index >= 15 is 0 Å². The molecule has 12 heteroatoms. The molecule has 4 aromatic rings. The van der Waals surface area contributed by atoms with Gasteiger partial charge < -0.3 is 15.7 Å². The molecular weight excluding hydrogens is 532 g/mol. The topological polar surface area (TPSA) is 155 Å². The van der Waals surface area contributed by atoms with Gasteiger partial charge in [0.15, 0.2) is 0 Å². The zero-order valence-electron chi connectivity index (χ0n) is 22.5. The number of carboxylic acids is 1. The van der Waals surface area contributed by atoms with Crippen LogP contribution < -0.4 is 15.4 Å². The fourth-order valence-electron chi connectivity index (χ4n) is 4.63. The Balaban J connectivity index is 1.37. The fraction of sp³-hybridized carbons (Fsp3) is 0.286. The second-order valence-corrected chi connectivity index (χ2v) is 11.2. The number of aryl methyl sites for hydroxylation is 4. The van der Waals surface area contributed by atoms with Crippen LogP contribution in [0.4, 0.5) is 5.82 Å². The maximum Gasteiger partial charge on any atom is 0.323 e. The summed E-state index contributed by atoms with van der Waals surface area (Å²) in [6.45, 7) is 6.11. The van der Waals surface area contributed by atoms with E-state index in [2.05, 4.69) is 25.4 Å². The molecule has 0 aliphatic heterocycles. The molecule has 11 nitrogen and oxygen atoms in total. The van der Waals surface area contributed by atoms with E-state index < -0.39 is 34.5 Å². The van der Waals surface area contributed by atoms with E-state index in [-0.39, 0.29) is 4.90 Å². The second kappa shape index (κ2) is 12.3. The summed E-state index contributed by atoms with van der Waals surface area (Å²) < 4.78 is 30.1. The lowest BCUT2D eigenvalue weighted by molar-refractivity contribution is -0.138. The summed E-state index contributed by atoms with van der Waals surface area (Å²) in [6.07, 6.45) is 4.20. The summed E-state index contributed by atoms with van der Waals surface area (Å²) in [5.74, 6) is -1.12. The van der Waals surface area contributed by atoms with Crippen LogP contribution in [0.3, 0.4) is 0 Å². The number of fused-ring (bicyclic) bond motifs is 1. The summed E-state index contributed by atoms with van der Waals surface area (Å²) in [5, 5.41) is 20.6. The third-order valence-electron chi connectivity index (χ3n) is 6.36. The quantitative estimate of drug-likeness (QED) is 0.191. The molecule has 0 radical (unpaired) electrons. The third kappa shape index (κ3) is 6.82. The second-order valence-electron chi connectivity index (χ2n) is 9.59. The van der Waals surface area contributed by atoms with Crippen molar-refractivity contribution in [3.05, 3.63) is 83.2 Å². The highest BCUT2D eigenvalue weighted by atomic mass is 32.2. The molecule has 0 unspecified atom stereocenters. The van der Waals surface area contributed by atoms with Crippen LogP contribution >= 0.6 is 0 Å². The molecule has 0 saturated carbocycles. The number of aromatic nitrogens is 3. The number of carbonyl (C=O) groups excluding carboxylic acids is 1. The van der Waals surface area contributed by atoms with Gasteiger partial charge in [0.1, 0.15) is 11.9 Å². The molecule has 0 aliphatic carbocycles. The molecular formula is C28H32N6O5S. The minimum Gasteiger partial charge on any atom is -0.480 e. The molecule has 0 saturated heterocycles. The predicted octanol–water partition coefficient (Wildman–Crippen LogP) is 3.02. The van der Waals surface area contributed by atoms with Crippen molar-refractivity contribution >= 4 is 38.6 Å². The van der Waals surface area contributed by atoms with Crippen LogP contribution in [-0.2, 0) is 21.4 Å². The van der Waals surface area contributed by atoms with Crippen LogP contribution in [0.5, 0.6) is 0 Å². The van der Waals surface area contributed by atoms with Crippen molar-refractivity contribution in [2.75, 3.05) is 18.4 Å². The number of hydrogen-bond acceptors (Lipinski definition) is 7. The van der Waals surface area contributed by atoms with Crippen molar-refractivity contribution in [1.29, 1.82) is 0 Å². The van der Waals surface area contributed by atoms with Crippen molar-refractivity contribution in [3.63, 3.8) is 0 Å². The average molecular weight is 565 g/mol. The summed E-state index contributed by atoms with van der Waals surface area (Å²) in [4.78, 5) is 28.9. The number of pyridine rings is 1. The standard InChI is InChI=1S/C28H32N6O5S/c1-18-13-19(2)26(20(3)14-18)40(38,39)33-23(28(36)37)17-31-27(35)21-8-9-24-22(15-21)16-32-34(24)12-6-11-30-25-7-4-5-10-29-25/h4-5,7-10,13-16,23,33H,6,11-12,17H2,1-3H3,(H,29,30)(H,31,35)(H,36,37)/t23-/m0/s1. The molecule has 2 heterocycles. The number of rotatable bonds is 12. The van der Waals surface area contributed by atoms with E-state index in [1.165, 1.54) is 0 Å². The predicted molar refractivity (Wildman–Crippen MR) is 152 cm³/mol. The maximum atomic E-state index is 13.0. The van der Waals surface area contributed by atoms with Crippen molar-refractivity contribution in [2.24, 2.45) is 0 Å². The lowest BCUT2D eigenvalue weighted by Crippen LogP contribution is -2.48. The third-order valence-corrected chi connectivity index (χ3v) is 8.13. The Hall–Kier alpha value is -4.29. The van der Waals surface area contributed by atoms with Crippen molar-refractivity contribution in [1.82, 2.24) is 24.8 Å². The Morgan fingerprint density at radius 1 is 1.05 bits per heavy atom. The van der Waals surface area contributed by atoms with Crippen LogP contribution in [0.15, 0.2) is 65.8 Å². The number of hydrogen-bond donors (Lipinski definition) is 4. The number of amides is 1. The Morgan fingerprint density at radius 2 is 1.80 bits per heavy atom. The minimum atomic E-state index is -4.15. The van der Waals surface area contributed by atoms with Gasteiger partial charge in [-0.25, -0.2) is 13.4 Å². The lowest BCUT2D eigenvalue weighted by atomic mass is 10.1. The highest BCUT2D eigenvalue weighted by Crippen LogP contribution is 2.22. The Morgan fingerprint density at radius 3 is 2.48 bits per heavy atom. The zero-order valence-corrected chi connectivity index (χ0v) is 23.3. The van der Waals surface area contributed by atoms with E-state index in [4.69, 9.17) is 0 Å². The van der Waals surface area contributed by atoms with Crippen LogP contribution in [0.2, 0.25) is 0 Å². The highest BCUT2D eigenvalue weighted by Gasteiger charge is 2.28. The number of benzene rings is 2. The number of sulfonamides is 1. The van der Waals surface area contributed by atoms with Gasteiger partial charge in [-0.05, 0) is 68.7 Å². The largest absolute Gasteiger partial charge is 0.480 e. The molecule has 1 atom stereocenters. The highest BCUT2D eigenvalue weighted by molar-refractivity contribution is 7.89. The van der Waals surface area contributed by atoms with Crippen molar-refractivity contribution in [2.45, 2.75) is 44.7 Å². The van der Waals surface area contributed by atoms with Crippen LogP contribution in [-0.4, -0.2) is 59.3 Å². The summed E-state index contributed by atoms with van der Waals surface area (Å²) >= 11 is 0. The van der Waals surface area contributed by atoms with Gasteiger partial charge in [0, 0.05) is 36.8 Å². The first-order chi connectivity index (χ1) is 19.0. The van der Waals surface area contributed by atoms with E-state index in [0.717, 1.165) is 35.2 Å². The van der Waals surface area contributed by atoms with Gasteiger partial charge in [-0.1, -0.05) is 23.8 Å². The monoisotopic (exact) mass is 564 g/mol. The molecule has 4 rings (SSSR count). The molecule has 0 spiro atoms. The average Bonchev–Trinajstić information content (AvgIpc) is 3.30. The molecule has 4 N–H and O–H groups in total. The van der Waals surface area contributed by atoms with Gasteiger partial charge in [0.2, 0.25) is 10.0 Å². The molecule has 0 bridgehead atoms.